The lowest BCUT2D eigenvalue weighted by molar-refractivity contribution is -0.118. The van der Waals surface area contributed by atoms with Crippen LogP contribution in [0.3, 0.4) is 0 Å². The van der Waals surface area contributed by atoms with Crippen LogP contribution in [0.25, 0.3) is 0 Å². The van der Waals surface area contributed by atoms with E-state index in [0.29, 0.717) is 31.3 Å². The third-order valence-electron chi connectivity index (χ3n) is 4.50. The molecule has 1 aliphatic heterocycles. The number of amides is 1. The summed E-state index contributed by atoms with van der Waals surface area (Å²) < 4.78 is 40.1. The Morgan fingerprint density at radius 3 is 2.79 bits per heavy atom. The number of fused-ring (bicyclic) bond motifs is 1. The molecular formula is C19H22F3N5O. The number of carbonyl (C=O) groups is 1. The van der Waals surface area contributed by atoms with Gasteiger partial charge in [-0.15, -0.1) is 0 Å². The van der Waals surface area contributed by atoms with Gasteiger partial charge in [0, 0.05) is 17.7 Å². The summed E-state index contributed by atoms with van der Waals surface area (Å²) in [6, 6.07) is 3.93. The van der Waals surface area contributed by atoms with Gasteiger partial charge in [0.15, 0.2) is 0 Å². The minimum Gasteiger partial charge on any atom is -0.365 e. The minimum atomic E-state index is -2.87. The lowest BCUT2D eigenvalue weighted by Gasteiger charge is -2.13. The van der Waals surface area contributed by atoms with E-state index in [9.17, 15) is 18.0 Å². The Bertz CT molecular complexity index is 847. The maximum Gasteiger partial charge on any atom is 0.266 e. The fraction of sp³-hybridized carbons (Fsp3) is 0.421. The van der Waals surface area contributed by atoms with Crippen molar-refractivity contribution in [3.63, 3.8) is 0 Å². The van der Waals surface area contributed by atoms with Gasteiger partial charge in [-0.05, 0) is 13.0 Å². The predicted molar refractivity (Wildman–Crippen MR) is 98.0 cm³/mol. The van der Waals surface area contributed by atoms with Crippen LogP contribution in [0.4, 0.5) is 19.0 Å². The van der Waals surface area contributed by atoms with E-state index >= 15 is 0 Å². The van der Waals surface area contributed by atoms with Crippen LogP contribution in [-0.2, 0) is 31.0 Å². The van der Waals surface area contributed by atoms with Crippen molar-refractivity contribution in [1.82, 2.24) is 20.2 Å². The monoisotopic (exact) mass is 393 g/mol. The molecule has 2 heterocycles. The van der Waals surface area contributed by atoms with Crippen LogP contribution in [0.15, 0.2) is 18.2 Å². The number of aromatic nitrogens is 2. The zero-order valence-electron chi connectivity index (χ0n) is 15.5. The number of alkyl halides is 2. The van der Waals surface area contributed by atoms with E-state index in [-0.39, 0.29) is 12.1 Å². The number of anilines is 1. The molecule has 0 spiro atoms. The lowest BCUT2D eigenvalue weighted by Crippen LogP contribution is -2.18. The molecule has 0 saturated heterocycles. The average Bonchev–Trinajstić information content (AvgIpc) is 3.10. The summed E-state index contributed by atoms with van der Waals surface area (Å²) in [6.45, 7) is 4.06. The summed E-state index contributed by atoms with van der Waals surface area (Å²) in [5, 5.41) is 6.26. The molecule has 2 aromatic rings. The van der Waals surface area contributed by atoms with Crippen LogP contribution in [-0.4, -0.2) is 27.8 Å². The zero-order valence-corrected chi connectivity index (χ0v) is 15.5. The highest BCUT2D eigenvalue weighted by Gasteiger charge is 2.24. The molecule has 0 bridgehead atoms. The van der Waals surface area contributed by atoms with Gasteiger partial charge >= 0.3 is 0 Å². The minimum absolute atomic E-state index is 0.00123. The highest BCUT2D eigenvalue weighted by Crippen LogP contribution is 2.28. The number of hydrogen-bond acceptors (Lipinski definition) is 5. The SMILES string of the molecule is CCCNCc1nc2c(c(NCc3cccc(C(F)F)c3F)n1)CN(C=O)C2. The van der Waals surface area contributed by atoms with Crippen molar-refractivity contribution in [2.45, 2.75) is 45.9 Å². The van der Waals surface area contributed by atoms with Gasteiger partial charge in [-0.3, -0.25) is 4.79 Å². The van der Waals surface area contributed by atoms with Crippen molar-refractivity contribution in [3.05, 3.63) is 52.2 Å². The summed E-state index contributed by atoms with van der Waals surface area (Å²) >= 11 is 0. The third-order valence-corrected chi connectivity index (χ3v) is 4.50. The first-order chi connectivity index (χ1) is 13.5. The Balaban J connectivity index is 1.83. The van der Waals surface area contributed by atoms with Crippen molar-refractivity contribution < 1.29 is 18.0 Å². The van der Waals surface area contributed by atoms with Crippen LogP contribution >= 0.6 is 0 Å². The Kier molecular flexibility index (Phi) is 6.45. The summed E-state index contributed by atoms with van der Waals surface area (Å²) in [7, 11) is 0. The number of rotatable bonds is 9. The quantitative estimate of drug-likeness (QED) is 0.506. The number of hydrogen-bond donors (Lipinski definition) is 2. The van der Waals surface area contributed by atoms with Gasteiger partial charge < -0.3 is 15.5 Å². The Hall–Kier alpha value is -2.68. The van der Waals surface area contributed by atoms with Gasteiger partial charge in [0.2, 0.25) is 6.41 Å². The second-order valence-corrected chi connectivity index (χ2v) is 6.58. The largest absolute Gasteiger partial charge is 0.365 e. The first-order valence-corrected chi connectivity index (χ1v) is 9.11. The van der Waals surface area contributed by atoms with E-state index < -0.39 is 17.8 Å². The molecule has 9 heteroatoms. The predicted octanol–water partition coefficient (Wildman–Crippen LogP) is 3.14. The summed E-state index contributed by atoms with van der Waals surface area (Å²) in [6.07, 6.45) is -1.17. The first-order valence-electron chi connectivity index (χ1n) is 9.11. The number of nitrogens with one attached hydrogen (secondary N) is 2. The van der Waals surface area contributed by atoms with E-state index in [2.05, 4.69) is 20.6 Å². The van der Waals surface area contributed by atoms with Crippen LogP contribution in [0.2, 0.25) is 0 Å². The molecule has 1 aliphatic rings. The fourth-order valence-electron chi connectivity index (χ4n) is 3.09. The van der Waals surface area contributed by atoms with E-state index in [0.717, 1.165) is 36.7 Å². The normalized spacial score (nSPS) is 13.1. The molecule has 28 heavy (non-hydrogen) atoms. The molecule has 3 rings (SSSR count). The van der Waals surface area contributed by atoms with Crippen LogP contribution in [0, 0.1) is 5.82 Å². The van der Waals surface area contributed by atoms with E-state index in [1.54, 1.807) is 4.90 Å². The molecule has 1 aromatic carbocycles. The lowest BCUT2D eigenvalue weighted by atomic mass is 10.1. The molecular weight excluding hydrogens is 371 g/mol. The van der Waals surface area contributed by atoms with Gasteiger partial charge in [0.25, 0.3) is 6.43 Å². The molecule has 0 saturated carbocycles. The topological polar surface area (TPSA) is 70.2 Å². The molecule has 150 valence electrons. The highest BCUT2D eigenvalue weighted by atomic mass is 19.3. The molecule has 1 amide bonds. The summed E-state index contributed by atoms with van der Waals surface area (Å²) in [4.78, 5) is 21.7. The third kappa shape index (κ3) is 4.41. The molecule has 1 aromatic heterocycles. The van der Waals surface area contributed by atoms with E-state index in [1.165, 1.54) is 12.1 Å². The highest BCUT2D eigenvalue weighted by molar-refractivity contribution is 5.55. The smallest absolute Gasteiger partial charge is 0.266 e. The van der Waals surface area contributed by atoms with Crippen molar-refractivity contribution in [2.75, 3.05) is 11.9 Å². The zero-order chi connectivity index (χ0) is 20.1. The van der Waals surface area contributed by atoms with Gasteiger partial charge in [-0.1, -0.05) is 25.1 Å². The van der Waals surface area contributed by atoms with Crippen molar-refractivity contribution in [3.8, 4) is 0 Å². The standard InChI is InChI=1S/C19H22F3N5O/c1-2-6-23-8-16-25-15-10-27(11-28)9-14(15)19(26-16)24-7-12-4-3-5-13(17(12)20)18(21)22/h3-5,11,18,23H,2,6-10H2,1H3,(H,24,25,26). The van der Waals surface area contributed by atoms with Crippen molar-refractivity contribution >= 4 is 12.2 Å². The summed E-state index contributed by atoms with van der Waals surface area (Å²) in [5.41, 5.74) is 1.00. The van der Waals surface area contributed by atoms with Crippen molar-refractivity contribution in [1.29, 1.82) is 0 Å². The average molecular weight is 393 g/mol. The number of benzene rings is 1. The van der Waals surface area contributed by atoms with Crippen LogP contribution < -0.4 is 10.6 Å². The van der Waals surface area contributed by atoms with Gasteiger partial charge in [-0.25, -0.2) is 23.1 Å². The van der Waals surface area contributed by atoms with Crippen LogP contribution in [0.1, 0.15) is 48.0 Å². The Morgan fingerprint density at radius 1 is 1.25 bits per heavy atom. The second kappa shape index (κ2) is 9.01. The molecule has 0 atom stereocenters. The molecule has 6 nitrogen and oxygen atoms in total. The van der Waals surface area contributed by atoms with Crippen LogP contribution in [0.5, 0.6) is 0 Å². The van der Waals surface area contributed by atoms with E-state index in [4.69, 9.17) is 0 Å². The Labute approximate surface area is 161 Å². The molecule has 0 fully saturated rings. The van der Waals surface area contributed by atoms with Gasteiger partial charge in [0.1, 0.15) is 17.5 Å². The molecule has 0 aliphatic carbocycles. The molecule has 0 unspecified atom stereocenters. The van der Waals surface area contributed by atoms with E-state index in [1.807, 2.05) is 6.92 Å². The number of halogens is 3. The number of carbonyl (C=O) groups excluding carboxylic acids is 1. The maximum atomic E-state index is 14.3. The Morgan fingerprint density at radius 2 is 2.07 bits per heavy atom. The summed E-state index contributed by atoms with van der Waals surface area (Å²) in [5.74, 6) is 0.129. The van der Waals surface area contributed by atoms with Gasteiger partial charge in [0.05, 0.1) is 30.9 Å². The van der Waals surface area contributed by atoms with Gasteiger partial charge in [-0.2, -0.15) is 0 Å². The fourth-order valence-corrected chi connectivity index (χ4v) is 3.09. The van der Waals surface area contributed by atoms with Crippen molar-refractivity contribution in [2.24, 2.45) is 0 Å². The molecule has 0 radical (unpaired) electrons. The maximum absolute atomic E-state index is 14.3. The number of nitrogens with zero attached hydrogens (tertiary/aromatic N) is 3. The second-order valence-electron chi connectivity index (χ2n) is 6.58. The molecule has 2 N–H and O–H groups in total. The first kappa shape index (κ1) is 20.1.